The maximum absolute atomic E-state index is 5.71. The van der Waals surface area contributed by atoms with Crippen molar-refractivity contribution in [3.05, 3.63) is 35.9 Å². The molecule has 2 nitrogen and oxygen atoms in total. The third-order valence-corrected chi connectivity index (χ3v) is 3.60. The van der Waals surface area contributed by atoms with Gasteiger partial charge in [0.1, 0.15) is 0 Å². The van der Waals surface area contributed by atoms with E-state index in [4.69, 9.17) is 4.74 Å². The van der Waals surface area contributed by atoms with Crippen molar-refractivity contribution in [1.29, 1.82) is 0 Å². The van der Waals surface area contributed by atoms with Crippen molar-refractivity contribution in [2.45, 2.75) is 38.8 Å². The zero-order chi connectivity index (χ0) is 12.7. The number of methoxy groups -OCH3 is 1. The Morgan fingerprint density at radius 3 is 2.12 bits per heavy atom. The number of nitrogens with one attached hydrogen (secondary N) is 1. The highest BCUT2D eigenvalue weighted by Crippen LogP contribution is 2.28. The summed E-state index contributed by atoms with van der Waals surface area (Å²) in [6.45, 7) is 4.49. The molecule has 0 aromatic heterocycles. The van der Waals surface area contributed by atoms with Crippen molar-refractivity contribution in [2.24, 2.45) is 5.92 Å². The Hall–Kier alpha value is -0.860. The van der Waals surface area contributed by atoms with Crippen LogP contribution in [0.2, 0.25) is 0 Å². The fraction of sp³-hybridized carbons (Fsp3) is 0.600. The molecule has 0 heterocycles. The summed E-state index contributed by atoms with van der Waals surface area (Å²) >= 11 is 0. The largest absolute Gasteiger partial charge is 0.375 e. The van der Waals surface area contributed by atoms with E-state index in [0.717, 1.165) is 0 Å². The summed E-state index contributed by atoms with van der Waals surface area (Å²) in [7, 11) is 3.82. The molecule has 0 amide bonds. The fourth-order valence-electron chi connectivity index (χ4n) is 2.56. The zero-order valence-corrected chi connectivity index (χ0v) is 11.4. The van der Waals surface area contributed by atoms with E-state index in [1.165, 1.54) is 18.4 Å². The molecule has 0 aliphatic heterocycles. The zero-order valence-electron chi connectivity index (χ0n) is 11.4. The van der Waals surface area contributed by atoms with E-state index >= 15 is 0 Å². The minimum Gasteiger partial charge on any atom is -0.375 e. The van der Waals surface area contributed by atoms with E-state index in [0.29, 0.717) is 12.0 Å². The third-order valence-electron chi connectivity index (χ3n) is 3.60. The highest BCUT2D eigenvalue weighted by molar-refractivity contribution is 5.19. The molecular formula is C15H25NO. The van der Waals surface area contributed by atoms with E-state index < -0.39 is 0 Å². The SMILES string of the molecule is CCC(CC)C(NC)C(OC)c1ccccc1. The predicted octanol–water partition coefficient (Wildman–Crippen LogP) is 3.40. The van der Waals surface area contributed by atoms with Crippen molar-refractivity contribution in [2.75, 3.05) is 14.2 Å². The molecule has 17 heavy (non-hydrogen) atoms. The Balaban J connectivity index is 2.91. The summed E-state index contributed by atoms with van der Waals surface area (Å²) in [4.78, 5) is 0. The Bertz CT molecular complexity index is 295. The molecule has 1 aromatic carbocycles. The Labute approximate surface area is 105 Å². The van der Waals surface area contributed by atoms with Gasteiger partial charge in [0.2, 0.25) is 0 Å². The molecule has 0 spiro atoms. The second-order valence-corrected chi connectivity index (χ2v) is 4.46. The molecule has 96 valence electrons. The Kier molecular flexibility index (Phi) is 6.23. The molecule has 1 rings (SSSR count). The summed E-state index contributed by atoms with van der Waals surface area (Å²) < 4.78 is 5.71. The minimum atomic E-state index is 0.131. The van der Waals surface area contributed by atoms with Crippen LogP contribution in [-0.2, 0) is 4.74 Å². The first-order chi connectivity index (χ1) is 8.28. The Morgan fingerprint density at radius 2 is 1.71 bits per heavy atom. The second-order valence-electron chi connectivity index (χ2n) is 4.46. The average Bonchev–Trinajstić information content (AvgIpc) is 2.40. The molecule has 0 aliphatic carbocycles. The van der Waals surface area contributed by atoms with Gasteiger partial charge in [-0.1, -0.05) is 57.0 Å². The van der Waals surface area contributed by atoms with Crippen molar-refractivity contribution in [3.63, 3.8) is 0 Å². The smallest absolute Gasteiger partial charge is 0.0976 e. The van der Waals surface area contributed by atoms with Crippen LogP contribution in [0.25, 0.3) is 0 Å². The summed E-state index contributed by atoms with van der Waals surface area (Å²) in [6.07, 6.45) is 2.48. The highest BCUT2D eigenvalue weighted by Gasteiger charge is 2.27. The van der Waals surface area contributed by atoms with Gasteiger partial charge in [0.25, 0.3) is 0 Å². The molecular weight excluding hydrogens is 210 g/mol. The van der Waals surface area contributed by atoms with Gasteiger partial charge in [0, 0.05) is 13.2 Å². The van der Waals surface area contributed by atoms with Gasteiger partial charge in [-0.15, -0.1) is 0 Å². The van der Waals surface area contributed by atoms with Gasteiger partial charge in [-0.25, -0.2) is 0 Å². The maximum atomic E-state index is 5.71. The van der Waals surface area contributed by atoms with Crippen molar-refractivity contribution < 1.29 is 4.74 Å². The number of rotatable bonds is 7. The first kappa shape index (κ1) is 14.2. The fourth-order valence-corrected chi connectivity index (χ4v) is 2.56. The lowest BCUT2D eigenvalue weighted by Gasteiger charge is -2.32. The lowest BCUT2D eigenvalue weighted by Crippen LogP contribution is -2.39. The second kappa shape index (κ2) is 7.46. The molecule has 0 fully saturated rings. The highest BCUT2D eigenvalue weighted by atomic mass is 16.5. The van der Waals surface area contributed by atoms with Crippen LogP contribution in [-0.4, -0.2) is 20.2 Å². The van der Waals surface area contributed by atoms with Crippen LogP contribution in [0.15, 0.2) is 30.3 Å². The number of benzene rings is 1. The molecule has 1 aromatic rings. The van der Waals surface area contributed by atoms with Crippen LogP contribution in [0.3, 0.4) is 0 Å². The standard InChI is InChI=1S/C15H25NO/c1-5-12(6-2)14(16-3)15(17-4)13-10-8-7-9-11-13/h7-12,14-16H,5-6H2,1-4H3. The first-order valence-electron chi connectivity index (χ1n) is 6.53. The minimum absolute atomic E-state index is 0.131. The topological polar surface area (TPSA) is 21.3 Å². The molecule has 0 aliphatic rings. The summed E-state index contributed by atoms with van der Waals surface area (Å²) in [5.41, 5.74) is 1.25. The van der Waals surface area contributed by atoms with Crippen LogP contribution in [0.4, 0.5) is 0 Å². The molecule has 2 heteroatoms. The van der Waals surface area contributed by atoms with Gasteiger partial charge in [-0.2, -0.15) is 0 Å². The van der Waals surface area contributed by atoms with Gasteiger partial charge < -0.3 is 10.1 Å². The lowest BCUT2D eigenvalue weighted by atomic mass is 9.87. The lowest BCUT2D eigenvalue weighted by molar-refractivity contribution is 0.0473. The van der Waals surface area contributed by atoms with Crippen molar-refractivity contribution in [3.8, 4) is 0 Å². The average molecular weight is 235 g/mol. The van der Waals surface area contributed by atoms with Crippen molar-refractivity contribution >= 4 is 0 Å². The quantitative estimate of drug-likeness (QED) is 0.782. The summed E-state index contributed by atoms with van der Waals surface area (Å²) in [5.74, 6) is 0.644. The van der Waals surface area contributed by atoms with Gasteiger partial charge in [0.05, 0.1) is 6.10 Å². The van der Waals surface area contributed by atoms with Crippen molar-refractivity contribution in [1.82, 2.24) is 5.32 Å². The van der Waals surface area contributed by atoms with Crippen LogP contribution in [0.1, 0.15) is 38.4 Å². The molecule has 0 saturated carbocycles. The Morgan fingerprint density at radius 1 is 1.12 bits per heavy atom. The molecule has 0 bridgehead atoms. The monoisotopic (exact) mass is 235 g/mol. The van der Waals surface area contributed by atoms with Gasteiger partial charge in [-0.05, 0) is 18.5 Å². The number of likely N-dealkylation sites (N-methyl/N-ethyl adjacent to an activating group) is 1. The van der Waals surface area contributed by atoms with E-state index in [1.54, 1.807) is 7.11 Å². The van der Waals surface area contributed by atoms with E-state index in [2.05, 4.69) is 43.4 Å². The van der Waals surface area contributed by atoms with Gasteiger partial charge in [-0.3, -0.25) is 0 Å². The molecule has 2 unspecified atom stereocenters. The third kappa shape index (κ3) is 3.55. The van der Waals surface area contributed by atoms with Gasteiger partial charge >= 0.3 is 0 Å². The van der Waals surface area contributed by atoms with Crippen LogP contribution in [0.5, 0.6) is 0 Å². The number of hydrogen-bond acceptors (Lipinski definition) is 2. The summed E-state index contributed by atoms with van der Waals surface area (Å²) in [5, 5.41) is 3.43. The molecule has 2 atom stereocenters. The molecule has 0 saturated heterocycles. The molecule has 1 N–H and O–H groups in total. The van der Waals surface area contributed by atoms with E-state index in [9.17, 15) is 0 Å². The molecule has 0 radical (unpaired) electrons. The number of hydrogen-bond donors (Lipinski definition) is 1. The van der Waals surface area contributed by atoms with E-state index in [1.807, 2.05) is 13.1 Å². The van der Waals surface area contributed by atoms with Crippen LogP contribution < -0.4 is 5.32 Å². The predicted molar refractivity (Wildman–Crippen MR) is 73.1 cm³/mol. The first-order valence-corrected chi connectivity index (χ1v) is 6.53. The number of ether oxygens (including phenoxy) is 1. The maximum Gasteiger partial charge on any atom is 0.0976 e. The van der Waals surface area contributed by atoms with Gasteiger partial charge in [0.15, 0.2) is 0 Å². The van der Waals surface area contributed by atoms with E-state index in [-0.39, 0.29) is 6.10 Å². The normalized spacial score (nSPS) is 14.9. The van der Waals surface area contributed by atoms with Crippen LogP contribution in [0, 0.1) is 5.92 Å². The summed E-state index contributed by atoms with van der Waals surface area (Å²) in [6, 6.07) is 10.8. The van der Waals surface area contributed by atoms with Crippen LogP contribution >= 0.6 is 0 Å².